The van der Waals surface area contributed by atoms with E-state index in [4.69, 9.17) is 0 Å². The molecule has 1 rings (SSSR count). The average Bonchev–Trinajstić information content (AvgIpc) is 2.17. The quantitative estimate of drug-likeness (QED) is 0.623. The molecule has 14 heavy (non-hydrogen) atoms. The Kier molecular flexibility index (Phi) is 3.66. The van der Waals surface area contributed by atoms with Crippen LogP contribution in [-0.4, -0.2) is 12.5 Å². The zero-order valence-electron chi connectivity index (χ0n) is 7.26. The van der Waals surface area contributed by atoms with E-state index in [9.17, 15) is 13.6 Å². The Morgan fingerprint density at radius 3 is 2.57 bits per heavy atom. The third-order valence-corrected chi connectivity index (χ3v) is 3.40. The van der Waals surface area contributed by atoms with Gasteiger partial charge in [0.15, 0.2) is 6.29 Å². The van der Waals surface area contributed by atoms with Crippen LogP contribution in [0, 0.1) is 0 Å². The first kappa shape index (κ1) is 11.7. The molecular weight excluding hydrogens is 274 g/mol. The molecule has 0 heterocycles. The summed E-state index contributed by atoms with van der Waals surface area (Å²) in [5.74, 6) is -3.40. The number of carbonyl (C=O) groups excluding carboxylic acids is 1. The van der Waals surface area contributed by atoms with Crippen LogP contribution in [-0.2, 0) is 10.7 Å². The molecule has 0 saturated heterocycles. The molecule has 0 unspecified atom stereocenters. The Morgan fingerprint density at radius 1 is 1.50 bits per heavy atom. The van der Waals surface area contributed by atoms with Crippen LogP contribution in [0.4, 0.5) is 8.78 Å². The first-order chi connectivity index (χ1) is 6.51. The third kappa shape index (κ3) is 2.33. The van der Waals surface area contributed by atoms with Gasteiger partial charge in [-0.2, -0.15) is 8.78 Å². The number of hydrogen-bond donors (Lipinski definition) is 0. The summed E-state index contributed by atoms with van der Waals surface area (Å²) in [5.41, 5.74) is -0.294. The Balaban J connectivity index is 3.15. The summed E-state index contributed by atoms with van der Waals surface area (Å²) in [6, 6.07) is 4.08. The van der Waals surface area contributed by atoms with Gasteiger partial charge in [0.05, 0.1) is 0 Å². The van der Waals surface area contributed by atoms with Crippen molar-refractivity contribution in [2.45, 2.75) is 10.8 Å². The molecule has 1 nitrogen and oxygen atoms in total. The topological polar surface area (TPSA) is 17.1 Å². The van der Waals surface area contributed by atoms with Crippen LogP contribution in [0.3, 0.4) is 0 Å². The van der Waals surface area contributed by atoms with Crippen LogP contribution < -0.4 is 0 Å². The van der Waals surface area contributed by atoms with Gasteiger partial charge in [0.2, 0.25) is 0 Å². The van der Waals surface area contributed by atoms with Gasteiger partial charge in [-0.25, -0.2) is 0 Å². The molecule has 5 heteroatoms. The van der Waals surface area contributed by atoms with Crippen molar-refractivity contribution in [1.82, 2.24) is 0 Å². The number of hydrogen-bond acceptors (Lipinski definition) is 2. The van der Waals surface area contributed by atoms with Crippen molar-refractivity contribution in [2.75, 3.05) is 6.26 Å². The molecule has 0 fully saturated rings. The van der Waals surface area contributed by atoms with E-state index in [0.29, 0.717) is 4.47 Å². The zero-order chi connectivity index (χ0) is 10.8. The van der Waals surface area contributed by atoms with Gasteiger partial charge in [-0.15, -0.1) is 11.8 Å². The molecule has 1 aromatic carbocycles. The second-order valence-corrected chi connectivity index (χ2v) is 4.29. The molecule has 0 aromatic heterocycles. The maximum atomic E-state index is 12.9. The largest absolute Gasteiger partial charge is 0.327 e. The highest BCUT2D eigenvalue weighted by Gasteiger charge is 2.31. The van der Waals surface area contributed by atoms with Crippen molar-refractivity contribution >= 4 is 34.0 Å². The van der Waals surface area contributed by atoms with Crippen LogP contribution in [0.25, 0.3) is 0 Å². The summed E-state index contributed by atoms with van der Waals surface area (Å²) in [4.78, 5) is 11.0. The van der Waals surface area contributed by atoms with Crippen molar-refractivity contribution in [1.29, 1.82) is 0 Å². The summed E-state index contributed by atoms with van der Waals surface area (Å²) in [6.07, 6.45) is 1.49. The fraction of sp³-hybridized carbons (Fsp3) is 0.222. The van der Waals surface area contributed by atoms with Crippen LogP contribution in [0.15, 0.2) is 27.6 Å². The molecule has 76 valence electrons. The maximum Gasteiger partial charge on any atom is 0.327 e. The van der Waals surface area contributed by atoms with Gasteiger partial charge in [-0.3, -0.25) is 4.79 Å². The van der Waals surface area contributed by atoms with E-state index in [1.165, 1.54) is 23.9 Å². The van der Waals surface area contributed by atoms with E-state index in [2.05, 4.69) is 15.9 Å². The summed E-state index contributed by atoms with van der Waals surface area (Å²) in [5, 5.41) is 0. The Morgan fingerprint density at radius 2 is 2.14 bits per heavy atom. The van der Waals surface area contributed by atoms with Gasteiger partial charge in [0, 0.05) is 14.9 Å². The van der Waals surface area contributed by atoms with Gasteiger partial charge in [-0.05, 0) is 34.3 Å². The molecule has 0 bridgehead atoms. The highest BCUT2D eigenvalue weighted by atomic mass is 79.9. The second kappa shape index (κ2) is 4.40. The van der Waals surface area contributed by atoms with Gasteiger partial charge in [-0.1, -0.05) is 6.07 Å². The molecule has 1 aromatic rings. The zero-order valence-corrected chi connectivity index (χ0v) is 9.66. The van der Waals surface area contributed by atoms with Gasteiger partial charge >= 0.3 is 5.92 Å². The molecule has 0 aliphatic heterocycles. The molecule has 0 amide bonds. The molecule has 0 saturated carbocycles. The molecule has 0 spiro atoms. The smallest absolute Gasteiger partial charge is 0.296 e. The first-order valence-electron chi connectivity index (χ1n) is 3.69. The normalized spacial score (nSPS) is 11.4. The lowest BCUT2D eigenvalue weighted by molar-refractivity contribution is -0.130. The summed E-state index contributed by atoms with van der Waals surface area (Å²) < 4.78 is 26.4. The molecule has 0 N–H and O–H groups in total. The number of benzene rings is 1. The lowest BCUT2D eigenvalue weighted by Crippen LogP contribution is -2.14. The van der Waals surface area contributed by atoms with E-state index in [-0.39, 0.29) is 11.8 Å². The highest BCUT2D eigenvalue weighted by molar-refractivity contribution is 9.10. The number of aldehydes is 1. The molecule has 0 atom stereocenters. The van der Waals surface area contributed by atoms with E-state index >= 15 is 0 Å². The Hall–Kier alpha value is -0.420. The lowest BCUT2D eigenvalue weighted by atomic mass is 10.1. The number of rotatable bonds is 3. The fourth-order valence-electron chi connectivity index (χ4n) is 0.942. The van der Waals surface area contributed by atoms with Crippen molar-refractivity contribution in [3.05, 3.63) is 28.2 Å². The number of halogens is 3. The number of thioether (sulfide) groups is 1. The summed E-state index contributed by atoms with van der Waals surface area (Å²) in [7, 11) is 0. The van der Waals surface area contributed by atoms with E-state index < -0.39 is 5.92 Å². The number of carbonyl (C=O) groups is 1. The Bertz CT molecular complexity index is 355. The van der Waals surface area contributed by atoms with Crippen molar-refractivity contribution in [3.8, 4) is 0 Å². The monoisotopic (exact) mass is 280 g/mol. The third-order valence-electron chi connectivity index (χ3n) is 1.68. The van der Waals surface area contributed by atoms with Crippen LogP contribution in [0.1, 0.15) is 5.56 Å². The van der Waals surface area contributed by atoms with Gasteiger partial charge in [0.1, 0.15) is 0 Å². The fourth-order valence-corrected chi connectivity index (χ4v) is 2.26. The van der Waals surface area contributed by atoms with Crippen LogP contribution in [0.5, 0.6) is 0 Å². The van der Waals surface area contributed by atoms with Crippen molar-refractivity contribution < 1.29 is 13.6 Å². The van der Waals surface area contributed by atoms with Crippen molar-refractivity contribution in [3.63, 3.8) is 0 Å². The average molecular weight is 281 g/mol. The molecule has 0 aliphatic carbocycles. The standard InChI is InChI=1S/C9H7BrF2OS/c1-14-8-3-2-6(4-7(8)10)9(11,12)5-13/h2-5H,1H3. The SMILES string of the molecule is CSc1ccc(C(F)(F)C=O)cc1Br. The van der Waals surface area contributed by atoms with Gasteiger partial charge in [0.25, 0.3) is 0 Å². The number of alkyl halides is 2. The minimum absolute atomic E-state index is 0.294. The van der Waals surface area contributed by atoms with E-state index in [1.807, 2.05) is 6.26 Å². The lowest BCUT2D eigenvalue weighted by Gasteiger charge is -2.10. The molecule has 0 radical (unpaired) electrons. The second-order valence-electron chi connectivity index (χ2n) is 2.59. The summed E-state index contributed by atoms with van der Waals surface area (Å²) in [6.45, 7) is 0. The molecular formula is C9H7BrF2OS. The van der Waals surface area contributed by atoms with Gasteiger partial charge < -0.3 is 0 Å². The van der Waals surface area contributed by atoms with E-state index in [0.717, 1.165) is 4.90 Å². The molecule has 0 aliphatic rings. The van der Waals surface area contributed by atoms with Crippen LogP contribution in [0.2, 0.25) is 0 Å². The minimum Gasteiger partial charge on any atom is -0.296 e. The Labute approximate surface area is 93.0 Å². The summed E-state index contributed by atoms with van der Waals surface area (Å²) >= 11 is 4.60. The highest BCUT2D eigenvalue weighted by Crippen LogP contribution is 2.32. The van der Waals surface area contributed by atoms with Crippen molar-refractivity contribution in [2.24, 2.45) is 0 Å². The minimum atomic E-state index is -3.40. The first-order valence-corrected chi connectivity index (χ1v) is 5.71. The van der Waals surface area contributed by atoms with E-state index in [1.54, 1.807) is 6.07 Å². The van der Waals surface area contributed by atoms with Crippen LogP contribution >= 0.6 is 27.7 Å². The predicted octanol–water partition coefficient (Wildman–Crippen LogP) is 3.46. The predicted molar refractivity (Wildman–Crippen MR) is 55.9 cm³/mol. The maximum absolute atomic E-state index is 12.9.